The van der Waals surface area contributed by atoms with Gasteiger partial charge < -0.3 is 26.5 Å². The number of likely N-dealkylation sites (N-methyl/N-ethyl adjacent to an activating group) is 1. The Morgan fingerprint density at radius 3 is 2.59 bits per heavy atom. The molecule has 0 aliphatic heterocycles. The minimum absolute atomic E-state index is 0.0371. The quantitative estimate of drug-likeness (QED) is 0.332. The van der Waals surface area contributed by atoms with Crippen molar-refractivity contribution in [3.05, 3.63) is 41.1 Å². The Balaban J connectivity index is 0.000000352. The lowest BCUT2D eigenvalue weighted by Crippen LogP contribution is -2.23. The van der Waals surface area contributed by atoms with Gasteiger partial charge in [0.25, 0.3) is 0 Å². The number of carbonyl (C=O) groups excluding carboxylic acids is 1. The largest absolute Gasteiger partial charge is 0.405 e. The Hall–Kier alpha value is -2.72. The predicted molar refractivity (Wildman–Crippen MR) is 107 cm³/mol. The molecular weight excluding hydrogens is 387 g/mol. The molecule has 1 aliphatic carbocycles. The predicted octanol–water partition coefficient (Wildman–Crippen LogP) is 2.98. The number of anilines is 2. The number of pyridine rings is 1. The maximum atomic E-state index is 12.2. The van der Waals surface area contributed by atoms with Crippen LogP contribution in [0.15, 0.2) is 29.9 Å². The molecule has 29 heavy (non-hydrogen) atoms. The average molecular weight is 413 g/mol. The molecule has 0 radical (unpaired) electrons. The third-order valence-electron chi connectivity index (χ3n) is 4.06. The van der Waals surface area contributed by atoms with E-state index in [2.05, 4.69) is 46.1 Å². The van der Waals surface area contributed by atoms with Crippen molar-refractivity contribution in [2.75, 3.05) is 24.2 Å². The molecule has 10 heteroatoms. The fourth-order valence-corrected chi connectivity index (χ4v) is 2.50. The Morgan fingerprint density at radius 1 is 1.38 bits per heavy atom. The maximum Gasteiger partial charge on any atom is 0.405 e. The number of aliphatic hydroxyl groups is 1. The van der Waals surface area contributed by atoms with Crippen LogP contribution in [0.25, 0.3) is 0 Å². The van der Waals surface area contributed by atoms with Crippen molar-refractivity contribution < 1.29 is 23.1 Å². The van der Waals surface area contributed by atoms with Gasteiger partial charge >= 0.3 is 6.18 Å². The molecule has 0 unspecified atom stereocenters. The van der Waals surface area contributed by atoms with E-state index in [0.717, 1.165) is 6.21 Å². The minimum Gasteiger partial charge on any atom is -0.390 e. The fourth-order valence-electron chi connectivity index (χ4n) is 2.50. The van der Waals surface area contributed by atoms with E-state index in [1.54, 1.807) is 0 Å². The highest BCUT2D eigenvalue weighted by molar-refractivity contribution is 5.89. The zero-order valence-electron chi connectivity index (χ0n) is 16.3. The Kier molecular flexibility index (Phi) is 10.0. The van der Waals surface area contributed by atoms with Gasteiger partial charge in [0.2, 0.25) is 6.41 Å². The number of allylic oxidation sites excluding steroid dienone is 2. The third kappa shape index (κ3) is 8.44. The molecule has 1 aliphatic rings. The number of rotatable bonds is 8. The van der Waals surface area contributed by atoms with Crippen molar-refractivity contribution in [1.82, 2.24) is 10.3 Å². The Morgan fingerprint density at radius 2 is 2.10 bits per heavy atom. The van der Waals surface area contributed by atoms with Crippen molar-refractivity contribution in [3.8, 4) is 0 Å². The number of nitrogens with zero attached hydrogens (tertiary/aromatic N) is 1. The van der Waals surface area contributed by atoms with Crippen molar-refractivity contribution in [2.24, 2.45) is 0 Å². The van der Waals surface area contributed by atoms with E-state index in [1.165, 1.54) is 24.5 Å². The van der Waals surface area contributed by atoms with Crippen LogP contribution in [0.2, 0.25) is 0 Å². The summed E-state index contributed by atoms with van der Waals surface area (Å²) in [5.41, 5.74) is 1.32. The normalized spacial score (nSPS) is 14.2. The number of hydrogen-bond donors (Lipinski definition) is 5. The summed E-state index contributed by atoms with van der Waals surface area (Å²) in [6, 6.07) is 1.73. The molecule has 0 bridgehead atoms. The first-order chi connectivity index (χ1) is 13.8. The maximum absolute atomic E-state index is 12.2. The van der Waals surface area contributed by atoms with Gasteiger partial charge in [0.05, 0.1) is 18.0 Å². The van der Waals surface area contributed by atoms with Gasteiger partial charge in [-0.25, -0.2) is 4.98 Å². The molecule has 1 atom stereocenters. The summed E-state index contributed by atoms with van der Waals surface area (Å²) < 4.78 is 36.5. The minimum atomic E-state index is -4.44. The van der Waals surface area contributed by atoms with E-state index in [4.69, 9.17) is 10.5 Å². The second kappa shape index (κ2) is 12.0. The average Bonchev–Trinajstić information content (AvgIpc) is 2.72. The van der Waals surface area contributed by atoms with E-state index in [0.29, 0.717) is 12.5 Å². The van der Waals surface area contributed by atoms with Crippen LogP contribution < -0.4 is 16.0 Å². The van der Waals surface area contributed by atoms with E-state index < -0.39 is 19.3 Å². The van der Waals surface area contributed by atoms with E-state index in [1.807, 2.05) is 7.05 Å². The molecule has 1 aromatic rings. The van der Waals surface area contributed by atoms with Crippen molar-refractivity contribution in [2.45, 2.75) is 38.6 Å². The van der Waals surface area contributed by atoms with Gasteiger partial charge in [-0.15, -0.1) is 0 Å². The van der Waals surface area contributed by atoms with Crippen LogP contribution in [-0.4, -0.2) is 48.5 Å². The van der Waals surface area contributed by atoms with E-state index in [9.17, 15) is 18.0 Å². The first-order valence-electron chi connectivity index (χ1n) is 8.95. The lowest BCUT2D eigenvalue weighted by molar-refractivity contribution is -0.115. The molecule has 1 aromatic heterocycles. The lowest BCUT2D eigenvalue weighted by atomic mass is 10.0. The van der Waals surface area contributed by atoms with Crippen LogP contribution in [0, 0.1) is 5.41 Å². The fraction of sp³-hybridized carbons (Fsp3) is 0.421. The number of amides is 1. The molecule has 160 valence electrons. The summed E-state index contributed by atoms with van der Waals surface area (Å²) in [5.74, 6) is 0.0371. The lowest BCUT2D eigenvalue weighted by Gasteiger charge is -2.15. The second-order valence-corrected chi connectivity index (χ2v) is 6.15. The molecule has 5 N–H and O–H groups in total. The summed E-state index contributed by atoms with van der Waals surface area (Å²) in [6.07, 6.45) is 5.87. The van der Waals surface area contributed by atoms with Crippen LogP contribution in [0.3, 0.4) is 0 Å². The number of aliphatic hydroxyl groups excluding tert-OH is 1. The number of nitrogens with one attached hydrogen (secondary N) is 4. The molecule has 0 saturated heterocycles. The number of halogens is 3. The standard InChI is InChI=1S/C10H11F3N4O2.C9H15N/c11-10(12,13)4-15-9-6(2-14)1-8(16-5-19)17-7(9)3-18;1-8(10-2)9-6-4-3-5-7-9/h1-2,5,14-15,18H,3-4H2,(H,16,17,19);4,6-8,10H,3,5H2,1-2H3/t;8-/m.1/s1. The van der Waals surface area contributed by atoms with E-state index in [-0.39, 0.29) is 22.8 Å². The molecule has 0 saturated carbocycles. The molecule has 2 rings (SSSR count). The summed E-state index contributed by atoms with van der Waals surface area (Å²) in [6.45, 7) is 0.236. The highest BCUT2D eigenvalue weighted by Crippen LogP contribution is 2.24. The van der Waals surface area contributed by atoms with Crippen molar-refractivity contribution in [1.29, 1.82) is 5.41 Å². The monoisotopic (exact) mass is 413 g/mol. The third-order valence-corrected chi connectivity index (χ3v) is 4.06. The number of hydrogen-bond acceptors (Lipinski definition) is 6. The van der Waals surface area contributed by atoms with Gasteiger partial charge in [0, 0.05) is 17.8 Å². The molecule has 0 fully saturated rings. The van der Waals surface area contributed by atoms with Gasteiger partial charge in [0.15, 0.2) is 0 Å². The van der Waals surface area contributed by atoms with Crippen LogP contribution in [-0.2, 0) is 11.4 Å². The SMILES string of the molecule is CN[C@H](C)C1=CCCC=C1.N=Cc1cc(NC=O)nc(CO)c1NCC(F)(F)F. The van der Waals surface area contributed by atoms with Gasteiger partial charge in [-0.05, 0) is 38.5 Å². The van der Waals surface area contributed by atoms with Crippen LogP contribution in [0.1, 0.15) is 31.0 Å². The Bertz CT molecular complexity index is 748. The molecule has 7 nitrogen and oxygen atoms in total. The number of carbonyl (C=O) groups is 1. The zero-order chi connectivity index (χ0) is 21.9. The molecule has 1 amide bonds. The van der Waals surface area contributed by atoms with Crippen LogP contribution in [0.5, 0.6) is 0 Å². The summed E-state index contributed by atoms with van der Waals surface area (Å²) in [4.78, 5) is 14.0. The molecular formula is C19H26F3N5O2. The van der Waals surface area contributed by atoms with Crippen LogP contribution in [0.4, 0.5) is 24.7 Å². The highest BCUT2D eigenvalue weighted by Gasteiger charge is 2.27. The second-order valence-electron chi connectivity index (χ2n) is 6.15. The molecule has 1 heterocycles. The first-order valence-corrected chi connectivity index (χ1v) is 8.95. The first kappa shape index (κ1) is 24.3. The summed E-state index contributed by atoms with van der Waals surface area (Å²) in [7, 11) is 1.99. The number of alkyl halides is 3. The van der Waals surface area contributed by atoms with Gasteiger partial charge in [-0.1, -0.05) is 18.2 Å². The van der Waals surface area contributed by atoms with Gasteiger partial charge in [0.1, 0.15) is 12.4 Å². The van der Waals surface area contributed by atoms with Crippen molar-refractivity contribution >= 4 is 24.1 Å². The molecule has 0 aromatic carbocycles. The van der Waals surface area contributed by atoms with Crippen molar-refractivity contribution in [3.63, 3.8) is 0 Å². The zero-order valence-corrected chi connectivity index (χ0v) is 16.3. The number of aromatic nitrogens is 1. The molecule has 0 spiro atoms. The summed E-state index contributed by atoms with van der Waals surface area (Å²) in [5, 5.41) is 23.7. The van der Waals surface area contributed by atoms with Crippen LogP contribution >= 0.6 is 0 Å². The smallest absolute Gasteiger partial charge is 0.390 e. The summed E-state index contributed by atoms with van der Waals surface area (Å²) >= 11 is 0. The highest BCUT2D eigenvalue weighted by atomic mass is 19.4. The van der Waals surface area contributed by atoms with E-state index >= 15 is 0 Å². The van der Waals surface area contributed by atoms with Gasteiger partial charge in [-0.3, -0.25) is 4.79 Å². The Labute approximate surface area is 167 Å². The van der Waals surface area contributed by atoms with Gasteiger partial charge in [-0.2, -0.15) is 13.2 Å². The topological polar surface area (TPSA) is 110 Å².